The standard InChI is InChI=1S/C14H14F3N7O2/c1-7-4-11(24-13(18-7)20-12(21-24)14(15,16)17)23(3)6-10(25)19-9-5-8(2)26-22-9/h4-5H,6H2,1-3H3,(H,19,22,25). The third-order valence-corrected chi connectivity index (χ3v) is 3.34. The van der Waals surface area contributed by atoms with Crippen LogP contribution >= 0.6 is 0 Å². The molecule has 0 aliphatic heterocycles. The van der Waals surface area contributed by atoms with Gasteiger partial charge in [-0.05, 0) is 13.8 Å². The Morgan fingerprint density at radius 1 is 1.31 bits per heavy atom. The number of anilines is 2. The number of rotatable bonds is 4. The summed E-state index contributed by atoms with van der Waals surface area (Å²) in [5.74, 6) is -0.916. The van der Waals surface area contributed by atoms with E-state index in [9.17, 15) is 18.0 Å². The Kier molecular flexibility index (Phi) is 4.26. The molecule has 3 aromatic rings. The smallest absolute Gasteiger partial charge is 0.360 e. The molecule has 138 valence electrons. The number of nitrogens with zero attached hydrogens (tertiary/aromatic N) is 6. The first-order valence-corrected chi connectivity index (χ1v) is 7.39. The van der Waals surface area contributed by atoms with E-state index >= 15 is 0 Å². The second-order valence-electron chi connectivity index (χ2n) is 5.63. The Morgan fingerprint density at radius 3 is 2.65 bits per heavy atom. The fraction of sp³-hybridized carbons (Fsp3) is 0.357. The molecule has 0 unspecified atom stereocenters. The molecule has 0 saturated heterocycles. The molecule has 0 aliphatic carbocycles. The summed E-state index contributed by atoms with van der Waals surface area (Å²) in [5.41, 5.74) is 0.438. The van der Waals surface area contributed by atoms with Crippen LogP contribution in [0.5, 0.6) is 0 Å². The van der Waals surface area contributed by atoms with Gasteiger partial charge in [-0.1, -0.05) is 5.16 Å². The molecule has 1 N–H and O–H groups in total. The molecule has 0 aromatic carbocycles. The van der Waals surface area contributed by atoms with Crippen LogP contribution < -0.4 is 10.2 Å². The van der Waals surface area contributed by atoms with Gasteiger partial charge in [0.25, 0.3) is 11.6 Å². The fourth-order valence-corrected chi connectivity index (χ4v) is 2.26. The molecular formula is C14H14F3N7O2. The van der Waals surface area contributed by atoms with Crippen LogP contribution in [-0.4, -0.2) is 44.2 Å². The highest BCUT2D eigenvalue weighted by Crippen LogP contribution is 2.27. The first-order valence-electron chi connectivity index (χ1n) is 7.39. The lowest BCUT2D eigenvalue weighted by atomic mass is 10.4. The molecule has 3 aromatic heterocycles. The van der Waals surface area contributed by atoms with E-state index in [1.807, 2.05) is 0 Å². The highest BCUT2D eigenvalue weighted by molar-refractivity contribution is 5.93. The van der Waals surface area contributed by atoms with Gasteiger partial charge in [0.15, 0.2) is 5.82 Å². The highest BCUT2D eigenvalue weighted by atomic mass is 19.4. The van der Waals surface area contributed by atoms with Crippen molar-refractivity contribution in [2.24, 2.45) is 0 Å². The van der Waals surface area contributed by atoms with Gasteiger partial charge in [0, 0.05) is 24.9 Å². The van der Waals surface area contributed by atoms with E-state index in [-0.39, 0.29) is 24.0 Å². The van der Waals surface area contributed by atoms with Gasteiger partial charge >= 0.3 is 6.18 Å². The molecule has 3 heterocycles. The van der Waals surface area contributed by atoms with Crippen LogP contribution in [-0.2, 0) is 11.0 Å². The maximum absolute atomic E-state index is 12.9. The summed E-state index contributed by atoms with van der Waals surface area (Å²) in [6.45, 7) is 3.12. The summed E-state index contributed by atoms with van der Waals surface area (Å²) in [7, 11) is 1.54. The Labute approximate surface area is 144 Å². The molecule has 0 radical (unpaired) electrons. The van der Waals surface area contributed by atoms with Gasteiger partial charge in [0.1, 0.15) is 11.6 Å². The molecule has 0 saturated carbocycles. The van der Waals surface area contributed by atoms with E-state index in [2.05, 4.69) is 25.5 Å². The maximum Gasteiger partial charge on any atom is 0.453 e. The van der Waals surface area contributed by atoms with E-state index in [0.717, 1.165) is 4.52 Å². The van der Waals surface area contributed by atoms with Crippen LogP contribution in [0.4, 0.5) is 24.8 Å². The Balaban J connectivity index is 1.86. The molecule has 3 rings (SSSR count). The van der Waals surface area contributed by atoms with Crippen LogP contribution in [0, 0.1) is 13.8 Å². The van der Waals surface area contributed by atoms with Crippen molar-refractivity contribution in [3.8, 4) is 0 Å². The summed E-state index contributed by atoms with van der Waals surface area (Å²) in [6, 6.07) is 3.05. The number of fused-ring (bicyclic) bond motifs is 1. The van der Waals surface area contributed by atoms with Gasteiger partial charge in [-0.25, -0.2) is 4.98 Å². The Bertz CT molecular complexity index is 963. The Hall–Kier alpha value is -3.18. The van der Waals surface area contributed by atoms with Crippen LogP contribution in [0.2, 0.25) is 0 Å². The van der Waals surface area contributed by atoms with Crippen molar-refractivity contribution >= 4 is 23.3 Å². The van der Waals surface area contributed by atoms with Crippen molar-refractivity contribution in [1.29, 1.82) is 0 Å². The van der Waals surface area contributed by atoms with Crippen molar-refractivity contribution in [2.75, 3.05) is 23.8 Å². The number of likely N-dealkylation sites (N-methyl/N-ethyl adjacent to an activating group) is 1. The van der Waals surface area contributed by atoms with E-state index in [0.29, 0.717) is 11.5 Å². The van der Waals surface area contributed by atoms with Crippen molar-refractivity contribution in [3.63, 3.8) is 0 Å². The van der Waals surface area contributed by atoms with Crippen molar-refractivity contribution < 1.29 is 22.5 Å². The van der Waals surface area contributed by atoms with Crippen LogP contribution in [0.1, 0.15) is 17.3 Å². The number of carbonyl (C=O) groups excluding carboxylic acids is 1. The third-order valence-electron chi connectivity index (χ3n) is 3.34. The molecule has 0 aliphatic rings. The fourth-order valence-electron chi connectivity index (χ4n) is 2.26. The molecule has 1 amide bonds. The minimum absolute atomic E-state index is 0.161. The predicted molar refractivity (Wildman–Crippen MR) is 83.7 cm³/mol. The first kappa shape index (κ1) is 17.6. The van der Waals surface area contributed by atoms with Crippen LogP contribution in [0.3, 0.4) is 0 Å². The van der Waals surface area contributed by atoms with E-state index in [1.54, 1.807) is 19.9 Å². The number of amides is 1. The molecule has 0 spiro atoms. The number of alkyl halides is 3. The second-order valence-corrected chi connectivity index (χ2v) is 5.63. The maximum atomic E-state index is 12.9. The number of aromatic nitrogens is 5. The second kappa shape index (κ2) is 6.28. The lowest BCUT2D eigenvalue weighted by Crippen LogP contribution is -2.31. The highest BCUT2D eigenvalue weighted by Gasteiger charge is 2.37. The van der Waals surface area contributed by atoms with Crippen LogP contribution in [0.15, 0.2) is 16.7 Å². The predicted octanol–water partition coefficient (Wildman–Crippen LogP) is 1.82. The number of hydrogen-bond donors (Lipinski definition) is 1. The number of nitrogens with one attached hydrogen (secondary N) is 1. The summed E-state index contributed by atoms with van der Waals surface area (Å²) in [5, 5.41) is 9.63. The zero-order chi connectivity index (χ0) is 19.1. The molecule has 26 heavy (non-hydrogen) atoms. The molecule has 0 atom stereocenters. The van der Waals surface area contributed by atoms with Gasteiger partial charge in [0.2, 0.25) is 5.91 Å². The molecular weight excluding hydrogens is 355 g/mol. The summed E-state index contributed by atoms with van der Waals surface area (Å²) in [4.78, 5) is 20.9. The zero-order valence-electron chi connectivity index (χ0n) is 14.0. The van der Waals surface area contributed by atoms with Gasteiger partial charge in [0.05, 0.1) is 6.54 Å². The number of halogens is 3. The molecule has 0 fully saturated rings. The summed E-state index contributed by atoms with van der Waals surface area (Å²) in [6.07, 6.45) is -4.69. The lowest BCUT2D eigenvalue weighted by molar-refractivity contribution is -0.144. The molecule has 12 heteroatoms. The number of aryl methyl sites for hydroxylation is 2. The van der Waals surface area contributed by atoms with Crippen LogP contribution in [0.25, 0.3) is 5.78 Å². The van der Waals surface area contributed by atoms with E-state index in [4.69, 9.17) is 4.52 Å². The number of carbonyl (C=O) groups is 1. The molecule has 9 nitrogen and oxygen atoms in total. The minimum Gasteiger partial charge on any atom is -0.360 e. The van der Waals surface area contributed by atoms with Crippen molar-refractivity contribution in [3.05, 3.63) is 29.4 Å². The van der Waals surface area contributed by atoms with Gasteiger partial charge in [-0.15, -0.1) is 5.10 Å². The van der Waals surface area contributed by atoms with Crippen molar-refractivity contribution in [2.45, 2.75) is 20.0 Å². The van der Waals surface area contributed by atoms with Gasteiger partial charge in [-0.3, -0.25) is 4.79 Å². The van der Waals surface area contributed by atoms with Crippen molar-refractivity contribution in [1.82, 2.24) is 24.7 Å². The first-order chi connectivity index (χ1) is 12.1. The zero-order valence-corrected chi connectivity index (χ0v) is 14.0. The largest absolute Gasteiger partial charge is 0.453 e. The normalized spacial score (nSPS) is 11.8. The lowest BCUT2D eigenvalue weighted by Gasteiger charge is -2.19. The molecule has 0 bridgehead atoms. The summed E-state index contributed by atoms with van der Waals surface area (Å²) >= 11 is 0. The number of hydrogen-bond acceptors (Lipinski definition) is 7. The van der Waals surface area contributed by atoms with Gasteiger partial charge in [-0.2, -0.15) is 22.7 Å². The third kappa shape index (κ3) is 3.58. The minimum atomic E-state index is -4.69. The monoisotopic (exact) mass is 369 g/mol. The SMILES string of the molecule is Cc1cc(N(C)CC(=O)Nc2cc(C)on2)n2nc(C(F)(F)F)nc2n1. The topological polar surface area (TPSA) is 101 Å². The van der Waals surface area contributed by atoms with E-state index < -0.39 is 17.9 Å². The average molecular weight is 369 g/mol. The van der Waals surface area contributed by atoms with E-state index in [1.165, 1.54) is 18.0 Å². The Morgan fingerprint density at radius 2 is 2.04 bits per heavy atom. The average Bonchev–Trinajstić information content (AvgIpc) is 3.11. The van der Waals surface area contributed by atoms with Gasteiger partial charge < -0.3 is 14.7 Å². The quantitative estimate of drug-likeness (QED) is 0.748. The summed E-state index contributed by atoms with van der Waals surface area (Å²) < 4.78 is 44.4.